The maximum atomic E-state index is 12.4. The van der Waals surface area contributed by atoms with Gasteiger partial charge in [-0.25, -0.2) is 4.79 Å². The Morgan fingerprint density at radius 2 is 1.75 bits per heavy atom. The van der Waals surface area contributed by atoms with E-state index in [-0.39, 0.29) is 18.4 Å². The van der Waals surface area contributed by atoms with E-state index in [0.29, 0.717) is 42.4 Å². The zero-order chi connectivity index (χ0) is 23.5. The molecule has 9 heteroatoms. The van der Waals surface area contributed by atoms with Crippen molar-refractivity contribution in [3.05, 3.63) is 16.5 Å². The maximum absolute atomic E-state index is 12.4. The third-order valence-electron chi connectivity index (χ3n) is 5.67. The first-order valence-corrected chi connectivity index (χ1v) is 12.0. The first-order chi connectivity index (χ1) is 15.1. The van der Waals surface area contributed by atoms with Gasteiger partial charge in [0.15, 0.2) is 6.61 Å². The van der Waals surface area contributed by atoms with Crippen molar-refractivity contribution in [2.45, 2.75) is 59.3 Å². The van der Waals surface area contributed by atoms with Gasteiger partial charge in [0, 0.05) is 18.5 Å². The lowest BCUT2D eigenvalue weighted by Crippen LogP contribution is -2.45. The highest BCUT2D eigenvalue weighted by atomic mass is 32.1. The molecular weight excluding hydrogens is 432 g/mol. The van der Waals surface area contributed by atoms with Crippen LogP contribution in [0.2, 0.25) is 0 Å². The molecule has 32 heavy (non-hydrogen) atoms. The van der Waals surface area contributed by atoms with Gasteiger partial charge in [-0.05, 0) is 49.5 Å². The summed E-state index contributed by atoms with van der Waals surface area (Å²) >= 11 is 1.28. The molecule has 1 aliphatic heterocycles. The third-order valence-corrected chi connectivity index (χ3v) is 6.59. The minimum absolute atomic E-state index is 0.0719. The SMILES string of the molecule is CCOC(=O)c1c(C2CC2)csc1NC(=O)COC(=O)C1CCN(C(=O)C(C)(C)C)CC1. The Hall–Kier alpha value is -2.42. The average molecular weight is 465 g/mol. The topological polar surface area (TPSA) is 102 Å². The number of carbonyl (C=O) groups excluding carboxylic acids is 4. The van der Waals surface area contributed by atoms with Gasteiger partial charge in [-0.1, -0.05) is 20.8 Å². The molecule has 0 bridgehead atoms. The van der Waals surface area contributed by atoms with Gasteiger partial charge in [0.2, 0.25) is 5.91 Å². The molecular formula is C23H32N2O6S. The number of likely N-dealkylation sites (tertiary alicyclic amines) is 1. The standard InChI is InChI=1S/C23H32N2O6S/c1-5-30-21(28)18-16(14-6-7-14)13-32-19(18)24-17(26)12-31-20(27)15-8-10-25(11-9-15)22(29)23(2,3)4/h13-15H,5-12H2,1-4H3,(H,24,26). The summed E-state index contributed by atoms with van der Waals surface area (Å²) in [6.07, 6.45) is 3.08. The van der Waals surface area contributed by atoms with Crippen LogP contribution < -0.4 is 5.32 Å². The maximum Gasteiger partial charge on any atom is 0.341 e. The van der Waals surface area contributed by atoms with Gasteiger partial charge in [-0.15, -0.1) is 11.3 Å². The van der Waals surface area contributed by atoms with Crippen LogP contribution in [-0.2, 0) is 23.9 Å². The van der Waals surface area contributed by atoms with Crippen LogP contribution in [0.5, 0.6) is 0 Å². The van der Waals surface area contributed by atoms with Crippen molar-refractivity contribution in [2.75, 3.05) is 31.6 Å². The van der Waals surface area contributed by atoms with Gasteiger partial charge in [-0.2, -0.15) is 0 Å². The van der Waals surface area contributed by atoms with Crippen LogP contribution in [0.25, 0.3) is 0 Å². The molecule has 0 radical (unpaired) electrons. The third kappa shape index (κ3) is 5.88. The smallest absolute Gasteiger partial charge is 0.341 e. The van der Waals surface area contributed by atoms with E-state index in [4.69, 9.17) is 9.47 Å². The number of ether oxygens (including phenoxy) is 2. The Labute approximate surface area is 192 Å². The molecule has 1 aromatic rings. The predicted octanol–water partition coefficient (Wildman–Crippen LogP) is 3.57. The van der Waals surface area contributed by atoms with Gasteiger partial charge < -0.3 is 19.7 Å². The molecule has 0 aromatic carbocycles. The second-order valence-corrected chi connectivity index (χ2v) is 10.2. The van der Waals surface area contributed by atoms with Crippen LogP contribution in [0.15, 0.2) is 5.38 Å². The molecule has 1 N–H and O–H groups in total. The number of hydrogen-bond donors (Lipinski definition) is 1. The van der Waals surface area contributed by atoms with Crippen molar-refractivity contribution >= 4 is 40.1 Å². The van der Waals surface area contributed by atoms with E-state index >= 15 is 0 Å². The molecule has 1 saturated carbocycles. The summed E-state index contributed by atoms with van der Waals surface area (Å²) < 4.78 is 10.4. The molecule has 1 saturated heterocycles. The minimum atomic E-state index is -0.492. The Balaban J connectivity index is 1.50. The van der Waals surface area contributed by atoms with Crippen LogP contribution in [0.3, 0.4) is 0 Å². The largest absolute Gasteiger partial charge is 0.462 e. The van der Waals surface area contributed by atoms with E-state index in [0.717, 1.165) is 18.4 Å². The van der Waals surface area contributed by atoms with Gasteiger partial charge in [0.05, 0.1) is 18.1 Å². The lowest BCUT2D eigenvalue weighted by Gasteiger charge is -2.34. The molecule has 2 heterocycles. The highest BCUT2D eigenvalue weighted by molar-refractivity contribution is 7.15. The van der Waals surface area contributed by atoms with Gasteiger partial charge in [0.1, 0.15) is 5.00 Å². The summed E-state index contributed by atoms with van der Waals surface area (Å²) in [5.41, 5.74) is 0.877. The molecule has 0 atom stereocenters. The fourth-order valence-corrected chi connectivity index (χ4v) is 4.83. The van der Waals surface area contributed by atoms with Crippen LogP contribution in [0.4, 0.5) is 5.00 Å². The molecule has 2 fully saturated rings. The number of carbonyl (C=O) groups is 4. The van der Waals surface area contributed by atoms with Crippen molar-refractivity contribution in [3.8, 4) is 0 Å². The lowest BCUT2D eigenvalue weighted by atomic mass is 9.91. The van der Waals surface area contributed by atoms with Crippen molar-refractivity contribution in [3.63, 3.8) is 0 Å². The summed E-state index contributed by atoms with van der Waals surface area (Å²) in [6.45, 7) is 8.22. The number of amides is 2. The quantitative estimate of drug-likeness (QED) is 0.619. The van der Waals surface area contributed by atoms with E-state index in [1.807, 2.05) is 26.2 Å². The zero-order valence-corrected chi connectivity index (χ0v) is 20.0. The minimum Gasteiger partial charge on any atom is -0.462 e. The molecule has 3 rings (SSSR count). The molecule has 176 valence electrons. The zero-order valence-electron chi connectivity index (χ0n) is 19.2. The second kappa shape index (κ2) is 10.0. The molecule has 2 amide bonds. The van der Waals surface area contributed by atoms with Crippen LogP contribution in [-0.4, -0.2) is 55.0 Å². The number of piperidine rings is 1. The second-order valence-electron chi connectivity index (χ2n) is 9.36. The monoisotopic (exact) mass is 464 g/mol. The number of hydrogen-bond acceptors (Lipinski definition) is 7. The van der Waals surface area contributed by atoms with E-state index < -0.39 is 29.9 Å². The Kier molecular flexibility index (Phi) is 7.59. The average Bonchev–Trinajstić information content (AvgIpc) is 3.51. The summed E-state index contributed by atoms with van der Waals surface area (Å²) in [4.78, 5) is 51.3. The normalized spacial score (nSPS) is 17.1. The molecule has 1 aliphatic carbocycles. The van der Waals surface area contributed by atoms with Crippen molar-refractivity contribution in [2.24, 2.45) is 11.3 Å². The summed E-state index contributed by atoms with van der Waals surface area (Å²) in [5.74, 6) is -1.29. The number of thiophene rings is 1. The van der Waals surface area contributed by atoms with Crippen molar-refractivity contribution < 1.29 is 28.7 Å². The van der Waals surface area contributed by atoms with E-state index in [1.165, 1.54) is 11.3 Å². The van der Waals surface area contributed by atoms with E-state index in [9.17, 15) is 19.2 Å². The first-order valence-electron chi connectivity index (χ1n) is 11.2. The van der Waals surface area contributed by atoms with Gasteiger partial charge in [0.25, 0.3) is 5.91 Å². The van der Waals surface area contributed by atoms with Crippen LogP contribution in [0, 0.1) is 11.3 Å². The number of esters is 2. The number of anilines is 1. The molecule has 1 aromatic heterocycles. The summed E-state index contributed by atoms with van der Waals surface area (Å²) in [6, 6.07) is 0. The fourth-order valence-electron chi connectivity index (χ4n) is 3.78. The number of nitrogens with zero attached hydrogens (tertiary/aromatic N) is 1. The van der Waals surface area contributed by atoms with Crippen molar-refractivity contribution in [1.29, 1.82) is 0 Å². The predicted molar refractivity (Wildman–Crippen MR) is 121 cm³/mol. The molecule has 0 spiro atoms. The number of nitrogens with one attached hydrogen (secondary N) is 1. The Bertz CT molecular complexity index is 876. The lowest BCUT2D eigenvalue weighted by molar-refractivity contribution is -0.155. The fraction of sp³-hybridized carbons (Fsp3) is 0.652. The highest BCUT2D eigenvalue weighted by Gasteiger charge is 2.34. The Morgan fingerprint density at radius 1 is 1.09 bits per heavy atom. The summed E-state index contributed by atoms with van der Waals surface area (Å²) in [7, 11) is 0. The van der Waals surface area contributed by atoms with E-state index in [1.54, 1.807) is 11.8 Å². The van der Waals surface area contributed by atoms with E-state index in [2.05, 4.69) is 5.32 Å². The summed E-state index contributed by atoms with van der Waals surface area (Å²) in [5, 5.41) is 5.02. The number of rotatable bonds is 7. The van der Waals surface area contributed by atoms with Crippen molar-refractivity contribution in [1.82, 2.24) is 4.90 Å². The molecule has 8 nitrogen and oxygen atoms in total. The molecule has 2 aliphatic rings. The van der Waals surface area contributed by atoms with Crippen LogP contribution >= 0.6 is 11.3 Å². The Morgan fingerprint density at radius 3 is 2.31 bits per heavy atom. The van der Waals surface area contributed by atoms with Crippen LogP contribution in [0.1, 0.15) is 75.2 Å². The van der Waals surface area contributed by atoms with Gasteiger partial charge >= 0.3 is 11.9 Å². The first kappa shape index (κ1) is 24.2. The van der Waals surface area contributed by atoms with Gasteiger partial charge in [-0.3, -0.25) is 14.4 Å². The highest BCUT2D eigenvalue weighted by Crippen LogP contribution is 2.46. The molecule has 0 unspecified atom stereocenters.